The van der Waals surface area contributed by atoms with Gasteiger partial charge in [-0.3, -0.25) is 9.69 Å². The zero-order valence-electron chi connectivity index (χ0n) is 13.1. The number of nitrogens with zero attached hydrogens (tertiary/aromatic N) is 1. The van der Waals surface area contributed by atoms with E-state index in [9.17, 15) is 9.18 Å². The normalized spacial score (nSPS) is 16.2. The molecule has 0 aliphatic carbocycles. The van der Waals surface area contributed by atoms with Gasteiger partial charge < -0.3 is 4.74 Å². The Morgan fingerprint density at radius 3 is 2.38 bits per heavy atom. The number of likely N-dealkylation sites (tertiary alicyclic amines) is 1. The van der Waals surface area contributed by atoms with Gasteiger partial charge in [-0.1, -0.05) is 13.8 Å². The van der Waals surface area contributed by atoms with Crippen molar-refractivity contribution >= 4 is 5.78 Å². The first-order chi connectivity index (χ1) is 10.1. The summed E-state index contributed by atoms with van der Waals surface area (Å²) in [5.41, 5.74) is -0.0683. The van der Waals surface area contributed by atoms with Crippen molar-refractivity contribution < 1.29 is 13.9 Å². The molecule has 21 heavy (non-hydrogen) atoms. The van der Waals surface area contributed by atoms with E-state index < -0.39 is 11.4 Å². The fourth-order valence-corrected chi connectivity index (χ4v) is 3.38. The summed E-state index contributed by atoms with van der Waals surface area (Å²) in [5, 5.41) is 0. The van der Waals surface area contributed by atoms with Gasteiger partial charge in [-0.05, 0) is 57.0 Å². The Hall–Kier alpha value is -1.42. The van der Waals surface area contributed by atoms with E-state index >= 15 is 0 Å². The number of halogens is 1. The van der Waals surface area contributed by atoms with Crippen LogP contribution in [0.2, 0.25) is 0 Å². The molecule has 1 heterocycles. The summed E-state index contributed by atoms with van der Waals surface area (Å²) in [6.45, 7) is 5.98. The molecule has 0 spiro atoms. The topological polar surface area (TPSA) is 29.5 Å². The van der Waals surface area contributed by atoms with Crippen molar-refractivity contribution in [2.45, 2.75) is 45.1 Å². The van der Waals surface area contributed by atoms with Gasteiger partial charge in [0.05, 0.1) is 12.6 Å². The third kappa shape index (κ3) is 2.82. The molecule has 0 aromatic heterocycles. The number of hydrogen-bond acceptors (Lipinski definition) is 3. The SMILES string of the molecule is CCC(CC)(C(=O)c1ccc(OC)c(F)c1)N1CCCC1. The Bertz CT molecular complexity index is 506. The van der Waals surface area contributed by atoms with Gasteiger partial charge in [0.15, 0.2) is 17.3 Å². The fourth-order valence-electron chi connectivity index (χ4n) is 3.38. The minimum Gasteiger partial charge on any atom is -0.494 e. The summed E-state index contributed by atoms with van der Waals surface area (Å²) in [6, 6.07) is 4.50. The van der Waals surface area contributed by atoms with Crippen LogP contribution in [0, 0.1) is 5.82 Å². The molecule has 1 aliphatic heterocycles. The van der Waals surface area contributed by atoms with E-state index in [4.69, 9.17) is 4.74 Å². The molecule has 1 aliphatic rings. The first-order valence-corrected chi connectivity index (χ1v) is 7.72. The Labute approximate surface area is 126 Å². The molecule has 0 saturated carbocycles. The molecule has 1 aromatic rings. The lowest BCUT2D eigenvalue weighted by Crippen LogP contribution is -2.52. The lowest BCUT2D eigenvalue weighted by atomic mass is 9.82. The monoisotopic (exact) mass is 293 g/mol. The molecule has 4 heteroatoms. The van der Waals surface area contributed by atoms with E-state index in [0.717, 1.165) is 38.8 Å². The number of Topliss-reactive ketones (excluding diaryl/α,β-unsaturated/α-hetero) is 1. The summed E-state index contributed by atoms with van der Waals surface area (Å²) in [7, 11) is 1.42. The first-order valence-electron chi connectivity index (χ1n) is 7.72. The maximum atomic E-state index is 13.9. The van der Waals surface area contributed by atoms with Crippen LogP contribution in [0.25, 0.3) is 0 Å². The van der Waals surface area contributed by atoms with Crippen molar-refractivity contribution in [3.8, 4) is 5.75 Å². The van der Waals surface area contributed by atoms with E-state index in [0.29, 0.717) is 5.56 Å². The van der Waals surface area contributed by atoms with Crippen molar-refractivity contribution in [3.63, 3.8) is 0 Å². The van der Waals surface area contributed by atoms with Crippen LogP contribution < -0.4 is 4.74 Å². The molecule has 0 radical (unpaired) electrons. The van der Waals surface area contributed by atoms with Crippen LogP contribution >= 0.6 is 0 Å². The number of ether oxygens (including phenoxy) is 1. The van der Waals surface area contributed by atoms with Gasteiger partial charge in [-0.25, -0.2) is 4.39 Å². The molecule has 0 atom stereocenters. The highest BCUT2D eigenvalue weighted by atomic mass is 19.1. The standard InChI is InChI=1S/C17H24FNO2/c1-4-17(5-2,19-10-6-7-11-19)16(20)13-8-9-15(21-3)14(18)12-13/h8-9,12H,4-7,10-11H2,1-3H3. The van der Waals surface area contributed by atoms with E-state index in [2.05, 4.69) is 4.90 Å². The largest absolute Gasteiger partial charge is 0.494 e. The maximum Gasteiger partial charge on any atom is 0.183 e. The molecule has 0 amide bonds. The average molecular weight is 293 g/mol. The summed E-state index contributed by atoms with van der Waals surface area (Å²) in [6.07, 6.45) is 3.75. The van der Waals surface area contributed by atoms with Gasteiger partial charge in [0.1, 0.15) is 0 Å². The van der Waals surface area contributed by atoms with E-state index in [1.54, 1.807) is 6.07 Å². The molecule has 116 valence electrons. The second-order valence-electron chi connectivity index (χ2n) is 5.61. The van der Waals surface area contributed by atoms with E-state index in [-0.39, 0.29) is 11.5 Å². The van der Waals surface area contributed by atoms with Gasteiger partial charge in [0.2, 0.25) is 0 Å². The number of carbonyl (C=O) groups excluding carboxylic acids is 1. The van der Waals surface area contributed by atoms with E-state index in [1.807, 2.05) is 13.8 Å². The molecular formula is C17H24FNO2. The molecular weight excluding hydrogens is 269 g/mol. The number of ketones is 1. The highest BCUT2D eigenvalue weighted by molar-refractivity contribution is 6.03. The van der Waals surface area contributed by atoms with Crippen LogP contribution in [0.4, 0.5) is 4.39 Å². The van der Waals surface area contributed by atoms with Crippen molar-refractivity contribution in [2.24, 2.45) is 0 Å². The Balaban J connectivity index is 2.36. The second kappa shape index (κ2) is 6.56. The predicted octanol–water partition coefficient (Wildman–Crippen LogP) is 3.67. The number of rotatable bonds is 6. The molecule has 2 rings (SSSR count). The zero-order valence-corrected chi connectivity index (χ0v) is 13.1. The Morgan fingerprint density at radius 2 is 1.90 bits per heavy atom. The van der Waals surface area contributed by atoms with Gasteiger partial charge in [-0.2, -0.15) is 0 Å². The number of methoxy groups -OCH3 is 1. The average Bonchev–Trinajstić information content (AvgIpc) is 3.03. The lowest BCUT2D eigenvalue weighted by Gasteiger charge is -2.39. The zero-order chi connectivity index (χ0) is 15.5. The smallest absolute Gasteiger partial charge is 0.183 e. The molecule has 1 fully saturated rings. The van der Waals surface area contributed by atoms with Crippen molar-refractivity contribution in [3.05, 3.63) is 29.6 Å². The van der Waals surface area contributed by atoms with Crippen molar-refractivity contribution in [1.82, 2.24) is 4.90 Å². The van der Waals surface area contributed by atoms with Crippen LogP contribution in [-0.4, -0.2) is 36.4 Å². The van der Waals surface area contributed by atoms with Crippen LogP contribution in [0.3, 0.4) is 0 Å². The van der Waals surface area contributed by atoms with Gasteiger partial charge in [0, 0.05) is 5.56 Å². The molecule has 0 N–H and O–H groups in total. The number of hydrogen-bond donors (Lipinski definition) is 0. The molecule has 3 nitrogen and oxygen atoms in total. The highest BCUT2D eigenvalue weighted by Crippen LogP contribution is 2.32. The van der Waals surface area contributed by atoms with E-state index in [1.165, 1.54) is 19.2 Å². The second-order valence-corrected chi connectivity index (χ2v) is 5.61. The number of benzene rings is 1. The molecule has 1 saturated heterocycles. The summed E-state index contributed by atoms with van der Waals surface area (Å²) in [5.74, 6) is -0.284. The van der Waals surface area contributed by atoms with Crippen LogP contribution in [0.15, 0.2) is 18.2 Å². The third-order valence-corrected chi connectivity index (χ3v) is 4.72. The summed E-state index contributed by atoms with van der Waals surface area (Å²) < 4.78 is 18.8. The first kappa shape index (κ1) is 16.0. The lowest BCUT2D eigenvalue weighted by molar-refractivity contribution is 0.0581. The van der Waals surface area contributed by atoms with Crippen LogP contribution in [0.5, 0.6) is 5.75 Å². The summed E-state index contributed by atoms with van der Waals surface area (Å²) >= 11 is 0. The minimum absolute atomic E-state index is 0.0240. The molecule has 1 aromatic carbocycles. The van der Waals surface area contributed by atoms with Gasteiger partial charge in [-0.15, -0.1) is 0 Å². The molecule has 0 bridgehead atoms. The minimum atomic E-state index is -0.502. The quantitative estimate of drug-likeness (QED) is 0.749. The fraction of sp³-hybridized carbons (Fsp3) is 0.588. The summed E-state index contributed by atoms with van der Waals surface area (Å²) in [4.78, 5) is 15.3. The molecule has 0 unspecified atom stereocenters. The number of carbonyl (C=O) groups is 1. The Morgan fingerprint density at radius 1 is 1.29 bits per heavy atom. The predicted molar refractivity (Wildman–Crippen MR) is 81.4 cm³/mol. The Kier molecular flexibility index (Phi) is 4.99. The third-order valence-electron chi connectivity index (χ3n) is 4.72. The van der Waals surface area contributed by atoms with Crippen molar-refractivity contribution in [2.75, 3.05) is 20.2 Å². The van der Waals surface area contributed by atoms with Gasteiger partial charge >= 0.3 is 0 Å². The van der Waals surface area contributed by atoms with Crippen LogP contribution in [-0.2, 0) is 0 Å². The highest BCUT2D eigenvalue weighted by Gasteiger charge is 2.42. The van der Waals surface area contributed by atoms with Gasteiger partial charge in [0.25, 0.3) is 0 Å². The van der Waals surface area contributed by atoms with Crippen LogP contribution in [0.1, 0.15) is 49.9 Å². The maximum absolute atomic E-state index is 13.9. The van der Waals surface area contributed by atoms with Crippen molar-refractivity contribution in [1.29, 1.82) is 0 Å².